The first-order valence-corrected chi connectivity index (χ1v) is 3.36. The first kappa shape index (κ1) is 9.14. The van der Waals surface area contributed by atoms with Crippen molar-refractivity contribution in [3.05, 3.63) is 11.8 Å². The quantitative estimate of drug-likeness (QED) is 0.476. The van der Waals surface area contributed by atoms with Gasteiger partial charge in [0.05, 0.1) is 0 Å². The molecular weight excluding hydrogens is 126 g/mol. The number of hydrogen-bond acceptors (Lipinski definition) is 2. The molecule has 0 aliphatic carbocycles. The van der Waals surface area contributed by atoms with Crippen molar-refractivity contribution >= 4 is 0 Å². The first-order valence-electron chi connectivity index (χ1n) is 3.36. The molecule has 0 spiro atoms. The van der Waals surface area contributed by atoms with Gasteiger partial charge in [-0.3, -0.25) is 5.01 Å². The van der Waals surface area contributed by atoms with Crippen LogP contribution in [0.4, 0.5) is 0 Å². The third kappa shape index (κ3) is 3.22. The van der Waals surface area contributed by atoms with E-state index in [4.69, 9.17) is 5.53 Å². The van der Waals surface area contributed by atoms with Gasteiger partial charge in [-0.15, -0.1) is 0 Å². The summed E-state index contributed by atoms with van der Waals surface area (Å²) in [7, 11) is 1.75. The zero-order valence-electron chi connectivity index (χ0n) is 7.05. The zero-order chi connectivity index (χ0) is 8.15. The lowest BCUT2D eigenvalue weighted by molar-refractivity contribution is 0.432. The van der Waals surface area contributed by atoms with Gasteiger partial charge in [-0.05, 0) is 12.8 Å². The van der Waals surface area contributed by atoms with E-state index >= 15 is 0 Å². The van der Waals surface area contributed by atoms with Crippen molar-refractivity contribution in [2.45, 2.75) is 20.8 Å². The Bertz CT molecular complexity index is 138. The highest BCUT2D eigenvalue weighted by molar-refractivity contribution is 4.98. The Hall–Kier alpha value is -0.860. The molecule has 0 aromatic rings. The van der Waals surface area contributed by atoms with Crippen LogP contribution in [0.5, 0.6) is 0 Å². The van der Waals surface area contributed by atoms with Crippen LogP contribution in [0.3, 0.4) is 0 Å². The van der Waals surface area contributed by atoms with Crippen molar-refractivity contribution in [2.24, 2.45) is 11.1 Å². The highest BCUT2D eigenvalue weighted by atomic mass is 15.5. The van der Waals surface area contributed by atoms with E-state index in [1.54, 1.807) is 7.05 Å². The van der Waals surface area contributed by atoms with E-state index < -0.39 is 0 Å². The minimum atomic E-state index is 0.532. The second-order valence-electron chi connectivity index (χ2n) is 2.70. The Morgan fingerprint density at radius 3 is 2.40 bits per heavy atom. The van der Waals surface area contributed by atoms with Gasteiger partial charge in [0.2, 0.25) is 0 Å². The van der Waals surface area contributed by atoms with Gasteiger partial charge in [0.15, 0.2) is 0 Å². The average Bonchev–Trinajstić information content (AvgIpc) is 1.87. The molecule has 0 radical (unpaired) electrons. The van der Waals surface area contributed by atoms with Gasteiger partial charge in [-0.25, -0.2) is 0 Å². The SMILES string of the molecule is C/C(=C/N(C)N=N)C(C)C. The third-order valence-electron chi connectivity index (χ3n) is 1.46. The maximum absolute atomic E-state index is 6.65. The van der Waals surface area contributed by atoms with E-state index in [0.717, 1.165) is 0 Å². The topological polar surface area (TPSA) is 39.5 Å². The predicted octanol–water partition coefficient (Wildman–Crippen LogP) is 2.42. The monoisotopic (exact) mass is 141 g/mol. The number of rotatable bonds is 3. The van der Waals surface area contributed by atoms with Crippen molar-refractivity contribution in [3.8, 4) is 0 Å². The number of nitrogens with zero attached hydrogens (tertiary/aromatic N) is 2. The smallest absolute Gasteiger partial charge is 0.0313 e. The number of hydrogen-bond donors (Lipinski definition) is 1. The normalized spacial score (nSPS) is 11.9. The van der Waals surface area contributed by atoms with Crippen molar-refractivity contribution in [1.82, 2.24) is 5.01 Å². The minimum absolute atomic E-state index is 0.532. The summed E-state index contributed by atoms with van der Waals surface area (Å²) in [5.74, 6) is 0.532. The van der Waals surface area contributed by atoms with Crippen LogP contribution in [0, 0.1) is 11.4 Å². The van der Waals surface area contributed by atoms with E-state index in [2.05, 4.69) is 19.1 Å². The highest BCUT2D eigenvalue weighted by Crippen LogP contribution is 2.08. The van der Waals surface area contributed by atoms with Gasteiger partial charge in [0.1, 0.15) is 0 Å². The summed E-state index contributed by atoms with van der Waals surface area (Å²) in [5.41, 5.74) is 7.88. The van der Waals surface area contributed by atoms with Crippen molar-refractivity contribution in [1.29, 1.82) is 5.53 Å². The molecule has 0 atom stereocenters. The Labute approximate surface area is 62.2 Å². The summed E-state index contributed by atoms with van der Waals surface area (Å²) >= 11 is 0. The van der Waals surface area contributed by atoms with Gasteiger partial charge in [0, 0.05) is 13.2 Å². The molecule has 0 rings (SSSR count). The van der Waals surface area contributed by atoms with Crippen LogP contribution in [0.2, 0.25) is 0 Å². The minimum Gasteiger partial charge on any atom is -0.258 e. The molecule has 0 aliphatic rings. The molecule has 0 aromatic carbocycles. The van der Waals surface area contributed by atoms with Crippen molar-refractivity contribution in [3.63, 3.8) is 0 Å². The fourth-order valence-electron chi connectivity index (χ4n) is 0.473. The largest absolute Gasteiger partial charge is 0.258 e. The molecular formula is C7H15N3. The average molecular weight is 141 g/mol. The van der Waals surface area contributed by atoms with Gasteiger partial charge in [0.25, 0.3) is 0 Å². The third-order valence-corrected chi connectivity index (χ3v) is 1.46. The molecule has 1 N–H and O–H groups in total. The summed E-state index contributed by atoms with van der Waals surface area (Å²) in [6, 6.07) is 0. The summed E-state index contributed by atoms with van der Waals surface area (Å²) < 4.78 is 0. The maximum Gasteiger partial charge on any atom is 0.0313 e. The van der Waals surface area contributed by atoms with E-state index in [-0.39, 0.29) is 0 Å². The molecule has 58 valence electrons. The summed E-state index contributed by atoms with van der Waals surface area (Å²) in [5, 5.41) is 4.71. The van der Waals surface area contributed by atoms with Crippen LogP contribution in [0.25, 0.3) is 0 Å². The highest BCUT2D eigenvalue weighted by Gasteiger charge is 1.96. The molecule has 0 unspecified atom stereocenters. The van der Waals surface area contributed by atoms with Gasteiger partial charge >= 0.3 is 0 Å². The molecule has 0 saturated carbocycles. The molecule has 0 amide bonds. The van der Waals surface area contributed by atoms with Crippen LogP contribution in [0.15, 0.2) is 17.0 Å². The molecule has 3 heteroatoms. The number of nitrogens with one attached hydrogen (secondary N) is 1. The van der Waals surface area contributed by atoms with Gasteiger partial charge < -0.3 is 0 Å². The lowest BCUT2D eigenvalue weighted by atomic mass is 10.1. The van der Waals surface area contributed by atoms with Crippen LogP contribution in [-0.4, -0.2) is 12.1 Å². The standard InChI is InChI=1S/C7H15N3/c1-6(2)7(3)5-10(4)9-8/h5-6,8H,1-4H3/b7-5-,9-8?. The van der Waals surface area contributed by atoms with Crippen LogP contribution >= 0.6 is 0 Å². The Morgan fingerprint density at radius 2 is 2.10 bits per heavy atom. The summed E-state index contributed by atoms with van der Waals surface area (Å²) in [6.07, 6.45) is 1.86. The molecule has 0 heterocycles. The summed E-state index contributed by atoms with van der Waals surface area (Å²) in [6.45, 7) is 6.26. The molecule has 0 aliphatic heterocycles. The molecule has 3 nitrogen and oxygen atoms in total. The van der Waals surface area contributed by atoms with Gasteiger partial charge in [-0.2, -0.15) is 5.53 Å². The van der Waals surface area contributed by atoms with E-state index in [1.807, 2.05) is 13.1 Å². The lowest BCUT2D eigenvalue weighted by Gasteiger charge is -2.08. The van der Waals surface area contributed by atoms with Crippen LogP contribution in [-0.2, 0) is 0 Å². The fraction of sp³-hybridized carbons (Fsp3) is 0.714. The molecule has 0 bridgehead atoms. The lowest BCUT2D eigenvalue weighted by Crippen LogP contribution is -2.02. The zero-order valence-corrected chi connectivity index (χ0v) is 7.05. The van der Waals surface area contributed by atoms with Crippen LogP contribution < -0.4 is 0 Å². The van der Waals surface area contributed by atoms with Crippen LogP contribution in [0.1, 0.15) is 20.8 Å². The fourth-order valence-corrected chi connectivity index (χ4v) is 0.473. The number of allylic oxidation sites excluding steroid dienone is 1. The second-order valence-corrected chi connectivity index (χ2v) is 2.70. The Balaban J connectivity index is 4.01. The predicted molar refractivity (Wildman–Crippen MR) is 41.5 cm³/mol. The Kier molecular flexibility index (Phi) is 3.69. The summed E-state index contributed by atoms with van der Waals surface area (Å²) in [4.78, 5) is 0. The van der Waals surface area contributed by atoms with E-state index in [1.165, 1.54) is 10.6 Å². The van der Waals surface area contributed by atoms with Crippen molar-refractivity contribution in [2.75, 3.05) is 7.05 Å². The van der Waals surface area contributed by atoms with Crippen molar-refractivity contribution < 1.29 is 0 Å². The van der Waals surface area contributed by atoms with Gasteiger partial charge in [-0.1, -0.05) is 24.6 Å². The van der Waals surface area contributed by atoms with E-state index in [9.17, 15) is 0 Å². The van der Waals surface area contributed by atoms with E-state index in [0.29, 0.717) is 5.92 Å². The second kappa shape index (κ2) is 4.04. The first-order chi connectivity index (χ1) is 4.57. The Morgan fingerprint density at radius 1 is 1.60 bits per heavy atom. The molecule has 0 fully saturated rings. The molecule has 0 saturated heterocycles. The maximum atomic E-state index is 6.65. The molecule has 10 heavy (non-hydrogen) atoms. The molecule has 0 aromatic heterocycles.